The number of hydrogen-bond donors (Lipinski definition) is 1. The van der Waals surface area contributed by atoms with Crippen LogP contribution in [-0.4, -0.2) is 14.7 Å². The minimum absolute atomic E-state index is 0.0540. The van der Waals surface area contributed by atoms with E-state index in [4.69, 9.17) is 0 Å². The van der Waals surface area contributed by atoms with Crippen LogP contribution in [-0.2, 0) is 13.2 Å². The van der Waals surface area contributed by atoms with Gasteiger partial charge in [-0.15, -0.1) is 0 Å². The molecule has 0 fully saturated rings. The van der Waals surface area contributed by atoms with Crippen LogP contribution in [0.5, 0.6) is 0 Å². The van der Waals surface area contributed by atoms with Crippen LogP contribution in [0.4, 0.5) is 30.4 Å². The summed E-state index contributed by atoms with van der Waals surface area (Å²) in [5.74, 6) is 0.301. The molecule has 1 heterocycles. The Labute approximate surface area is 111 Å². The molecule has 0 aliphatic heterocycles. The molecule has 0 aliphatic carbocycles. The molecule has 2 aromatic rings. The summed E-state index contributed by atoms with van der Waals surface area (Å²) >= 11 is 0. The van der Waals surface area contributed by atoms with E-state index >= 15 is 0 Å². The van der Waals surface area contributed by atoms with Crippen molar-refractivity contribution in [1.82, 2.24) is 9.78 Å². The van der Waals surface area contributed by atoms with Gasteiger partial charge in [0.15, 0.2) is 5.82 Å². The number of rotatable bonds is 3. The Morgan fingerprint density at radius 3 is 2.55 bits per heavy atom. The zero-order chi connectivity index (χ0) is 14.9. The van der Waals surface area contributed by atoms with Gasteiger partial charge >= 0.3 is 6.18 Å². The summed E-state index contributed by atoms with van der Waals surface area (Å²) in [7, 11) is 1.65. The number of halogens is 3. The number of aryl methyl sites for hydroxylation is 1. The van der Waals surface area contributed by atoms with Crippen LogP contribution >= 0.6 is 0 Å². The number of nitro benzene ring substituents is 1. The van der Waals surface area contributed by atoms with E-state index in [2.05, 4.69) is 10.4 Å². The smallest absolute Gasteiger partial charge is 0.333 e. The molecule has 106 valence electrons. The maximum Gasteiger partial charge on any atom is 0.416 e. The largest absolute Gasteiger partial charge is 0.416 e. The zero-order valence-electron chi connectivity index (χ0n) is 10.2. The van der Waals surface area contributed by atoms with Gasteiger partial charge in [0.2, 0.25) is 0 Å². The van der Waals surface area contributed by atoms with Crippen LogP contribution in [0, 0.1) is 10.1 Å². The van der Waals surface area contributed by atoms with Gasteiger partial charge in [0.25, 0.3) is 5.69 Å². The minimum Gasteiger partial charge on any atom is -0.333 e. The molecule has 0 saturated carbocycles. The number of nitrogens with one attached hydrogen (secondary N) is 1. The van der Waals surface area contributed by atoms with E-state index in [0.717, 1.165) is 12.1 Å². The summed E-state index contributed by atoms with van der Waals surface area (Å²) in [6, 6.07) is 3.82. The molecular formula is C11H9F3N4O2. The van der Waals surface area contributed by atoms with Gasteiger partial charge in [-0.2, -0.15) is 18.3 Å². The van der Waals surface area contributed by atoms with Crippen LogP contribution in [0.25, 0.3) is 0 Å². The minimum atomic E-state index is -4.63. The number of nitrogens with zero attached hydrogens (tertiary/aromatic N) is 3. The number of nitro groups is 1. The maximum absolute atomic E-state index is 12.5. The first-order valence-corrected chi connectivity index (χ1v) is 5.39. The SMILES string of the molecule is Cn1ccc(Nc2ccc(C(F)(F)F)cc2[N+](=O)[O-])n1. The fourth-order valence-electron chi connectivity index (χ4n) is 1.58. The number of hydrogen-bond acceptors (Lipinski definition) is 4. The first-order chi connectivity index (χ1) is 9.27. The monoisotopic (exact) mass is 286 g/mol. The second-order valence-electron chi connectivity index (χ2n) is 3.99. The number of anilines is 2. The quantitative estimate of drug-likeness (QED) is 0.695. The van der Waals surface area contributed by atoms with Gasteiger partial charge in [0.1, 0.15) is 5.69 Å². The Kier molecular flexibility index (Phi) is 3.35. The molecule has 0 radical (unpaired) electrons. The molecule has 20 heavy (non-hydrogen) atoms. The van der Waals surface area contributed by atoms with Crippen molar-refractivity contribution in [2.24, 2.45) is 7.05 Å². The van der Waals surface area contributed by atoms with Crippen molar-refractivity contribution < 1.29 is 18.1 Å². The summed E-state index contributed by atoms with van der Waals surface area (Å²) in [5, 5.41) is 17.4. The predicted octanol–water partition coefficient (Wildman–Crippen LogP) is 3.09. The fourth-order valence-corrected chi connectivity index (χ4v) is 1.58. The second kappa shape index (κ2) is 4.83. The van der Waals surface area contributed by atoms with E-state index < -0.39 is 22.4 Å². The number of benzene rings is 1. The van der Waals surface area contributed by atoms with Crippen LogP contribution in [0.1, 0.15) is 5.56 Å². The van der Waals surface area contributed by atoms with Gasteiger partial charge < -0.3 is 5.32 Å². The van der Waals surface area contributed by atoms with Crippen molar-refractivity contribution in [1.29, 1.82) is 0 Å². The van der Waals surface area contributed by atoms with Crippen molar-refractivity contribution in [3.63, 3.8) is 0 Å². The molecule has 0 aliphatic rings. The average Bonchev–Trinajstić information content (AvgIpc) is 2.73. The lowest BCUT2D eigenvalue weighted by Gasteiger charge is -2.09. The number of alkyl halides is 3. The fraction of sp³-hybridized carbons (Fsp3) is 0.182. The van der Waals surface area contributed by atoms with Crippen molar-refractivity contribution in [3.8, 4) is 0 Å². The van der Waals surface area contributed by atoms with E-state index in [1.807, 2.05) is 0 Å². The normalized spacial score (nSPS) is 11.4. The molecule has 0 amide bonds. The van der Waals surface area contributed by atoms with Gasteiger partial charge in [-0.05, 0) is 12.1 Å². The van der Waals surface area contributed by atoms with Crippen molar-refractivity contribution in [2.75, 3.05) is 5.32 Å². The Morgan fingerprint density at radius 2 is 2.05 bits per heavy atom. The highest BCUT2D eigenvalue weighted by molar-refractivity contribution is 5.68. The van der Waals surface area contributed by atoms with Gasteiger partial charge in [-0.1, -0.05) is 0 Å². The lowest BCUT2D eigenvalue weighted by Crippen LogP contribution is -2.07. The van der Waals surface area contributed by atoms with E-state index in [1.54, 1.807) is 19.3 Å². The molecule has 1 aromatic heterocycles. The molecule has 2 rings (SSSR count). The lowest BCUT2D eigenvalue weighted by atomic mass is 10.1. The first-order valence-electron chi connectivity index (χ1n) is 5.39. The Bertz CT molecular complexity index is 651. The zero-order valence-corrected chi connectivity index (χ0v) is 10.2. The summed E-state index contributed by atoms with van der Waals surface area (Å²) in [6.07, 6.45) is -3.04. The third-order valence-electron chi connectivity index (χ3n) is 2.50. The summed E-state index contributed by atoms with van der Waals surface area (Å²) in [5.41, 5.74) is -1.79. The molecule has 1 aromatic carbocycles. The molecule has 1 N–H and O–H groups in total. The standard InChI is InChI=1S/C11H9F3N4O2/c1-17-5-4-10(16-17)15-8-3-2-7(11(12,13)14)6-9(8)18(19)20/h2-6H,1H3,(H,15,16). The summed E-state index contributed by atoms with van der Waals surface area (Å²) < 4.78 is 39.1. The molecule has 9 heteroatoms. The summed E-state index contributed by atoms with van der Waals surface area (Å²) in [6.45, 7) is 0. The van der Waals surface area contributed by atoms with Gasteiger partial charge in [0, 0.05) is 25.4 Å². The Balaban J connectivity index is 2.40. The Morgan fingerprint density at radius 1 is 1.35 bits per heavy atom. The third kappa shape index (κ3) is 2.87. The summed E-state index contributed by atoms with van der Waals surface area (Å²) in [4.78, 5) is 9.99. The molecule has 6 nitrogen and oxygen atoms in total. The second-order valence-corrected chi connectivity index (χ2v) is 3.99. The van der Waals surface area contributed by atoms with Gasteiger partial charge in [-0.25, -0.2) is 0 Å². The molecule has 0 unspecified atom stereocenters. The van der Waals surface area contributed by atoms with Crippen LogP contribution in [0.15, 0.2) is 30.5 Å². The Hall–Kier alpha value is -2.58. The van der Waals surface area contributed by atoms with Gasteiger partial charge in [-0.3, -0.25) is 14.8 Å². The van der Waals surface area contributed by atoms with Crippen LogP contribution < -0.4 is 5.32 Å². The molecule has 0 atom stereocenters. The van der Waals surface area contributed by atoms with E-state index in [1.165, 1.54) is 4.68 Å². The predicted molar refractivity (Wildman–Crippen MR) is 64.6 cm³/mol. The van der Waals surface area contributed by atoms with Crippen molar-refractivity contribution in [2.45, 2.75) is 6.18 Å². The highest BCUT2D eigenvalue weighted by Crippen LogP contribution is 2.35. The maximum atomic E-state index is 12.5. The van der Waals surface area contributed by atoms with Crippen molar-refractivity contribution >= 4 is 17.2 Å². The van der Waals surface area contributed by atoms with E-state index in [9.17, 15) is 23.3 Å². The molecule has 0 spiro atoms. The molecular weight excluding hydrogens is 277 g/mol. The van der Waals surface area contributed by atoms with Crippen LogP contribution in [0.2, 0.25) is 0 Å². The average molecular weight is 286 g/mol. The van der Waals surface area contributed by atoms with E-state index in [-0.39, 0.29) is 5.69 Å². The third-order valence-corrected chi connectivity index (χ3v) is 2.50. The van der Waals surface area contributed by atoms with Crippen LogP contribution in [0.3, 0.4) is 0 Å². The van der Waals surface area contributed by atoms with E-state index in [0.29, 0.717) is 11.9 Å². The van der Waals surface area contributed by atoms with Gasteiger partial charge in [0.05, 0.1) is 10.5 Å². The molecule has 0 saturated heterocycles. The first kappa shape index (κ1) is 13.8. The molecule has 0 bridgehead atoms. The van der Waals surface area contributed by atoms with Crippen molar-refractivity contribution in [3.05, 3.63) is 46.1 Å². The highest BCUT2D eigenvalue weighted by Gasteiger charge is 2.33. The lowest BCUT2D eigenvalue weighted by molar-refractivity contribution is -0.384. The highest BCUT2D eigenvalue weighted by atomic mass is 19.4. The topological polar surface area (TPSA) is 73.0 Å². The number of aromatic nitrogens is 2.